The van der Waals surface area contributed by atoms with Gasteiger partial charge in [-0.15, -0.1) is 0 Å². The zero-order valence-corrected chi connectivity index (χ0v) is 6.68. The number of nitrogens with two attached hydrogens (primary N) is 2. The van der Waals surface area contributed by atoms with E-state index in [9.17, 15) is 9.59 Å². The van der Waals surface area contributed by atoms with Crippen LogP contribution in [0.1, 0.15) is 6.42 Å². The molecule has 0 bridgehead atoms. The van der Waals surface area contributed by atoms with Gasteiger partial charge in [-0.25, -0.2) is 0 Å². The van der Waals surface area contributed by atoms with Gasteiger partial charge in [-0.1, -0.05) is 0 Å². The van der Waals surface area contributed by atoms with Gasteiger partial charge in [0.1, 0.15) is 6.42 Å². The highest BCUT2D eigenvalue weighted by atomic mass is 16.2. The van der Waals surface area contributed by atoms with E-state index in [-0.39, 0.29) is 0 Å². The van der Waals surface area contributed by atoms with Crippen molar-refractivity contribution in [1.29, 1.82) is 10.8 Å². The number of carbonyl (C=O) groups is 2. The lowest BCUT2D eigenvalue weighted by atomic mass is 10.4. The molecule has 0 saturated heterocycles. The van der Waals surface area contributed by atoms with Gasteiger partial charge in [-0.05, 0) is 0 Å². The normalized spacial score (nSPS) is 8.62. The Kier molecular flexibility index (Phi) is 3.93. The van der Waals surface area contributed by atoms with Gasteiger partial charge in [0.2, 0.25) is 11.8 Å². The summed E-state index contributed by atoms with van der Waals surface area (Å²) < 4.78 is 0. The molecule has 72 valence electrons. The fourth-order valence-electron chi connectivity index (χ4n) is 0.535. The molecule has 0 rings (SSSR count). The Hall–Kier alpha value is -2.12. The Morgan fingerprint density at radius 3 is 1.54 bits per heavy atom. The Morgan fingerprint density at radius 1 is 1.00 bits per heavy atom. The number of nitrogens with one attached hydrogen (secondary N) is 4. The van der Waals surface area contributed by atoms with Crippen molar-refractivity contribution < 1.29 is 9.59 Å². The van der Waals surface area contributed by atoms with E-state index >= 15 is 0 Å². The largest absolute Gasteiger partial charge is 0.370 e. The molecule has 13 heavy (non-hydrogen) atoms. The molecule has 0 spiro atoms. The first-order valence-electron chi connectivity index (χ1n) is 3.19. The summed E-state index contributed by atoms with van der Waals surface area (Å²) in [6.07, 6.45) is -0.529. The van der Waals surface area contributed by atoms with Gasteiger partial charge in [0.05, 0.1) is 0 Å². The highest BCUT2D eigenvalue weighted by molar-refractivity contribution is 6.07. The highest BCUT2D eigenvalue weighted by Gasteiger charge is 2.09. The molecule has 0 aliphatic carbocycles. The molecule has 0 aromatic rings. The Morgan fingerprint density at radius 2 is 1.31 bits per heavy atom. The van der Waals surface area contributed by atoms with Crippen molar-refractivity contribution in [1.82, 2.24) is 10.6 Å². The molecule has 8 N–H and O–H groups in total. The molecular formula is C5H10N6O2. The minimum atomic E-state index is -0.730. The van der Waals surface area contributed by atoms with Crippen molar-refractivity contribution in [2.75, 3.05) is 0 Å². The number of hydrogen-bond donors (Lipinski definition) is 6. The van der Waals surface area contributed by atoms with Crippen molar-refractivity contribution >= 4 is 23.7 Å². The zero-order valence-electron chi connectivity index (χ0n) is 6.68. The molecule has 8 nitrogen and oxygen atoms in total. The summed E-state index contributed by atoms with van der Waals surface area (Å²) in [5, 5.41) is 17.1. The average molecular weight is 186 g/mol. The first-order chi connectivity index (χ1) is 5.91. The summed E-state index contributed by atoms with van der Waals surface area (Å²) in [5.41, 5.74) is 9.65. The number of carbonyl (C=O) groups excluding carboxylic acids is 2. The van der Waals surface area contributed by atoms with E-state index in [1.165, 1.54) is 0 Å². The number of rotatable bonds is 2. The van der Waals surface area contributed by atoms with Crippen LogP contribution in [0.2, 0.25) is 0 Å². The molecule has 0 aliphatic heterocycles. The van der Waals surface area contributed by atoms with Crippen molar-refractivity contribution in [2.24, 2.45) is 11.5 Å². The molecule has 0 saturated carbocycles. The third-order valence-electron chi connectivity index (χ3n) is 0.869. The van der Waals surface area contributed by atoms with Crippen molar-refractivity contribution in [3.63, 3.8) is 0 Å². The smallest absolute Gasteiger partial charge is 0.236 e. The summed E-state index contributed by atoms with van der Waals surface area (Å²) in [7, 11) is 0. The molecule has 0 atom stereocenters. The maximum atomic E-state index is 10.7. The topological polar surface area (TPSA) is 158 Å². The van der Waals surface area contributed by atoms with Crippen LogP contribution in [0.15, 0.2) is 0 Å². The van der Waals surface area contributed by atoms with Crippen LogP contribution in [-0.4, -0.2) is 23.7 Å². The molecule has 0 aromatic carbocycles. The second-order valence-corrected chi connectivity index (χ2v) is 2.10. The van der Waals surface area contributed by atoms with Gasteiger partial charge >= 0.3 is 0 Å². The van der Waals surface area contributed by atoms with Gasteiger partial charge in [0.25, 0.3) is 0 Å². The molecular weight excluding hydrogens is 176 g/mol. The van der Waals surface area contributed by atoms with E-state index in [1.807, 2.05) is 10.6 Å². The average Bonchev–Trinajstić information content (AvgIpc) is 1.80. The van der Waals surface area contributed by atoms with Crippen LogP contribution < -0.4 is 22.1 Å². The first kappa shape index (κ1) is 10.9. The number of amides is 2. The van der Waals surface area contributed by atoms with E-state index in [1.54, 1.807) is 0 Å². The molecule has 0 heterocycles. The SMILES string of the molecule is N=C(N)NC(=O)CC(=O)NC(=N)N. The number of guanidine groups is 2. The predicted molar refractivity (Wildman–Crippen MR) is 44.7 cm³/mol. The maximum absolute atomic E-state index is 10.7. The Balaban J connectivity index is 3.85. The first-order valence-corrected chi connectivity index (χ1v) is 3.19. The van der Waals surface area contributed by atoms with E-state index in [2.05, 4.69) is 0 Å². The standard InChI is InChI=1S/C5H10N6O2/c6-4(7)10-2(12)1-3(13)11-5(8)9/h1H2,(H4,6,7,10,12)(H4,8,9,11,13). The minimum absolute atomic E-state index is 0.529. The van der Waals surface area contributed by atoms with Gasteiger partial charge in [-0.2, -0.15) is 0 Å². The number of hydrogen-bond acceptors (Lipinski definition) is 4. The van der Waals surface area contributed by atoms with Crippen LogP contribution in [0, 0.1) is 10.8 Å². The van der Waals surface area contributed by atoms with E-state index in [0.29, 0.717) is 0 Å². The maximum Gasteiger partial charge on any atom is 0.236 e. The van der Waals surface area contributed by atoms with E-state index in [0.717, 1.165) is 0 Å². The predicted octanol–water partition coefficient (Wildman–Crippen LogP) is -2.60. The molecule has 2 amide bonds. The van der Waals surface area contributed by atoms with Gasteiger partial charge < -0.3 is 11.5 Å². The van der Waals surface area contributed by atoms with Crippen molar-refractivity contribution in [3.8, 4) is 0 Å². The van der Waals surface area contributed by atoms with Crippen LogP contribution in [-0.2, 0) is 9.59 Å². The summed E-state index contributed by atoms with van der Waals surface area (Å²) >= 11 is 0. The second-order valence-electron chi connectivity index (χ2n) is 2.10. The summed E-state index contributed by atoms with van der Waals surface area (Å²) in [4.78, 5) is 21.5. The lowest BCUT2D eigenvalue weighted by Gasteiger charge is -2.02. The van der Waals surface area contributed by atoms with Crippen molar-refractivity contribution in [3.05, 3.63) is 0 Å². The zero-order chi connectivity index (χ0) is 10.4. The highest BCUT2D eigenvalue weighted by Crippen LogP contribution is 1.78. The molecule has 0 radical (unpaired) electrons. The summed E-state index contributed by atoms with van der Waals surface area (Å²) in [5.74, 6) is -2.54. The van der Waals surface area contributed by atoms with Crippen LogP contribution in [0.3, 0.4) is 0 Å². The van der Waals surface area contributed by atoms with Gasteiger partial charge in [-0.3, -0.25) is 31.0 Å². The molecule has 8 heteroatoms. The Bertz CT molecular complexity index is 234. The summed E-state index contributed by atoms with van der Waals surface area (Å²) in [6, 6.07) is 0. The lowest BCUT2D eigenvalue weighted by Crippen LogP contribution is -2.41. The van der Waals surface area contributed by atoms with Crippen LogP contribution in [0.25, 0.3) is 0 Å². The Labute approximate surface area is 73.7 Å². The van der Waals surface area contributed by atoms with Gasteiger partial charge in [0.15, 0.2) is 11.9 Å². The fourth-order valence-corrected chi connectivity index (χ4v) is 0.535. The van der Waals surface area contributed by atoms with Crippen LogP contribution in [0.5, 0.6) is 0 Å². The van der Waals surface area contributed by atoms with E-state index < -0.39 is 30.2 Å². The molecule has 0 unspecified atom stereocenters. The lowest BCUT2D eigenvalue weighted by molar-refractivity contribution is -0.127. The van der Waals surface area contributed by atoms with Crippen molar-refractivity contribution in [2.45, 2.75) is 6.42 Å². The van der Waals surface area contributed by atoms with Crippen LogP contribution in [0.4, 0.5) is 0 Å². The third-order valence-corrected chi connectivity index (χ3v) is 0.869. The summed E-state index contributed by atoms with van der Waals surface area (Å²) in [6.45, 7) is 0. The third kappa shape index (κ3) is 6.28. The molecule has 0 aliphatic rings. The van der Waals surface area contributed by atoms with Crippen LogP contribution >= 0.6 is 0 Å². The second kappa shape index (κ2) is 4.70. The molecule has 0 fully saturated rings. The van der Waals surface area contributed by atoms with E-state index in [4.69, 9.17) is 22.3 Å². The molecule has 0 aromatic heterocycles. The van der Waals surface area contributed by atoms with Gasteiger partial charge in [0, 0.05) is 0 Å². The quantitative estimate of drug-likeness (QED) is 0.158. The monoisotopic (exact) mass is 186 g/mol. The fraction of sp³-hybridized carbons (Fsp3) is 0.200. The minimum Gasteiger partial charge on any atom is -0.370 e.